The molecule has 0 saturated heterocycles. The summed E-state index contributed by atoms with van der Waals surface area (Å²) in [5.74, 6) is -0.161. The number of amidine groups is 1. The average Bonchev–Trinajstić information content (AvgIpc) is 2.79. The number of hydrogen-bond donors (Lipinski definition) is 1. The summed E-state index contributed by atoms with van der Waals surface area (Å²) in [5, 5.41) is 2.17. The lowest BCUT2D eigenvalue weighted by molar-refractivity contribution is -0.155. The van der Waals surface area contributed by atoms with Crippen molar-refractivity contribution in [1.29, 1.82) is 0 Å². The summed E-state index contributed by atoms with van der Waals surface area (Å²) in [6.07, 6.45) is -1.37. The van der Waals surface area contributed by atoms with Crippen LogP contribution < -0.4 is 5.32 Å². The molecule has 0 saturated carbocycles. The molecule has 0 fully saturated rings. The summed E-state index contributed by atoms with van der Waals surface area (Å²) < 4.78 is 33.3. The highest BCUT2D eigenvalue weighted by Crippen LogP contribution is 2.50. The van der Waals surface area contributed by atoms with Crippen LogP contribution >= 0.6 is 34.8 Å². The van der Waals surface area contributed by atoms with E-state index < -0.39 is 29.1 Å². The maximum Gasteiger partial charge on any atom is 0.413 e. The summed E-state index contributed by atoms with van der Waals surface area (Å²) in [6.45, 7) is 4.97. The molecule has 1 N–H and O–H groups in total. The predicted molar refractivity (Wildman–Crippen MR) is 91.4 cm³/mol. The van der Waals surface area contributed by atoms with Gasteiger partial charge in [0.1, 0.15) is 5.60 Å². The number of benzene rings is 1. The Kier molecular flexibility index (Phi) is 5.42. The molecule has 25 heavy (non-hydrogen) atoms. The third-order valence-electron chi connectivity index (χ3n) is 3.16. The van der Waals surface area contributed by atoms with Crippen LogP contribution in [0.2, 0.25) is 10.0 Å². The monoisotopic (exact) mass is 414 g/mol. The molecule has 1 aliphatic rings. The fourth-order valence-corrected chi connectivity index (χ4v) is 2.92. The van der Waals surface area contributed by atoms with E-state index in [-0.39, 0.29) is 21.4 Å². The predicted octanol–water partition coefficient (Wildman–Crippen LogP) is 5.28. The van der Waals surface area contributed by atoms with Crippen LogP contribution in [0.5, 0.6) is 0 Å². The van der Waals surface area contributed by atoms with Crippen LogP contribution in [-0.4, -0.2) is 22.9 Å². The lowest BCUT2D eigenvalue weighted by Gasteiger charge is -2.31. The third-order valence-corrected chi connectivity index (χ3v) is 3.90. The number of amides is 1. The zero-order valence-corrected chi connectivity index (χ0v) is 15.8. The van der Waals surface area contributed by atoms with Crippen molar-refractivity contribution in [2.45, 2.75) is 43.8 Å². The van der Waals surface area contributed by atoms with Crippen molar-refractivity contribution in [3.63, 3.8) is 0 Å². The van der Waals surface area contributed by atoms with Gasteiger partial charge in [0, 0.05) is 15.6 Å². The van der Waals surface area contributed by atoms with Crippen LogP contribution in [0, 0.1) is 0 Å². The molecule has 1 aromatic carbocycles. The minimum absolute atomic E-state index is 0.0743. The van der Waals surface area contributed by atoms with Gasteiger partial charge < -0.3 is 9.57 Å². The van der Waals surface area contributed by atoms with E-state index in [1.165, 1.54) is 18.2 Å². The largest absolute Gasteiger partial charge is 0.444 e. The van der Waals surface area contributed by atoms with E-state index in [1.54, 1.807) is 20.8 Å². The van der Waals surface area contributed by atoms with Gasteiger partial charge in [-0.3, -0.25) is 5.32 Å². The molecule has 1 atom stereocenters. The number of ether oxygens (including phenoxy) is 1. The first-order chi connectivity index (χ1) is 11.3. The van der Waals surface area contributed by atoms with Gasteiger partial charge in [0.15, 0.2) is 5.84 Å². The Morgan fingerprint density at radius 2 is 1.84 bits per heavy atom. The second kappa shape index (κ2) is 6.78. The SMILES string of the molecule is CC(C)(C)OC(=O)NC1=NOC(c2cc(Cl)cc(Cl)c2)(C(F)(F)Cl)C1. The standard InChI is InChI=1S/C15H15Cl3F2N2O3/c1-13(2,3)24-12(23)21-11-7-14(25-22-11,15(18,19)20)8-4-9(16)6-10(17)5-8/h4-6H,7H2,1-3H3,(H,21,22,23). The number of rotatable bonds is 2. The minimum Gasteiger partial charge on any atom is -0.444 e. The van der Waals surface area contributed by atoms with E-state index in [2.05, 4.69) is 10.5 Å². The van der Waals surface area contributed by atoms with Gasteiger partial charge >= 0.3 is 11.5 Å². The number of nitrogens with one attached hydrogen (secondary N) is 1. The summed E-state index contributed by atoms with van der Waals surface area (Å²) in [7, 11) is 0. The van der Waals surface area contributed by atoms with Gasteiger partial charge in [-0.15, -0.1) is 0 Å². The normalized spacial score (nSPS) is 20.7. The van der Waals surface area contributed by atoms with Gasteiger partial charge in [-0.2, -0.15) is 8.78 Å². The van der Waals surface area contributed by atoms with Crippen molar-refractivity contribution in [3.05, 3.63) is 33.8 Å². The molecular weight excluding hydrogens is 401 g/mol. The van der Waals surface area contributed by atoms with E-state index in [4.69, 9.17) is 44.4 Å². The third kappa shape index (κ3) is 4.65. The van der Waals surface area contributed by atoms with Crippen LogP contribution in [-0.2, 0) is 15.2 Å². The number of alkyl halides is 3. The molecule has 0 aliphatic carbocycles. The number of carbonyl (C=O) groups excluding carboxylic acids is 1. The molecule has 0 aromatic heterocycles. The Hall–Kier alpha value is -1.31. The zero-order valence-electron chi connectivity index (χ0n) is 13.5. The van der Waals surface area contributed by atoms with E-state index in [1.807, 2.05) is 0 Å². The maximum absolute atomic E-state index is 14.2. The number of alkyl carbamates (subject to hydrolysis) is 1. The molecule has 1 aliphatic heterocycles. The van der Waals surface area contributed by atoms with Crippen LogP contribution in [0.15, 0.2) is 23.4 Å². The van der Waals surface area contributed by atoms with Gasteiger partial charge in [-0.25, -0.2) is 4.79 Å². The maximum atomic E-state index is 14.2. The molecule has 1 aromatic rings. The van der Waals surface area contributed by atoms with Crippen LogP contribution in [0.3, 0.4) is 0 Å². The van der Waals surface area contributed by atoms with Crippen molar-refractivity contribution >= 4 is 46.7 Å². The summed E-state index contributed by atoms with van der Waals surface area (Å²) in [5.41, 5.74) is -3.21. The van der Waals surface area contributed by atoms with E-state index in [0.29, 0.717) is 0 Å². The van der Waals surface area contributed by atoms with E-state index in [9.17, 15) is 13.6 Å². The fourth-order valence-electron chi connectivity index (χ4n) is 2.18. The van der Waals surface area contributed by atoms with Gasteiger partial charge in [0.2, 0.25) is 5.60 Å². The Bertz CT molecular complexity index is 697. The molecule has 0 bridgehead atoms. The van der Waals surface area contributed by atoms with Crippen molar-refractivity contribution < 1.29 is 23.1 Å². The Morgan fingerprint density at radius 3 is 2.32 bits per heavy atom. The number of hydrogen-bond acceptors (Lipinski definition) is 4. The first-order valence-electron chi connectivity index (χ1n) is 7.11. The van der Waals surface area contributed by atoms with Gasteiger partial charge in [-0.05, 0) is 50.6 Å². The van der Waals surface area contributed by atoms with Crippen LogP contribution in [0.4, 0.5) is 13.6 Å². The molecule has 1 unspecified atom stereocenters. The molecule has 0 radical (unpaired) electrons. The van der Waals surface area contributed by atoms with Crippen molar-refractivity contribution in [3.8, 4) is 0 Å². The summed E-state index contributed by atoms with van der Waals surface area (Å²) in [4.78, 5) is 16.8. The molecule has 138 valence electrons. The van der Waals surface area contributed by atoms with Crippen LogP contribution in [0.1, 0.15) is 32.8 Å². The second-order valence-corrected chi connectivity index (χ2v) is 7.76. The molecule has 2 rings (SSSR count). The number of nitrogens with zero attached hydrogens (tertiary/aromatic N) is 1. The van der Waals surface area contributed by atoms with Crippen LogP contribution in [0.25, 0.3) is 0 Å². The Balaban J connectivity index is 2.27. The Morgan fingerprint density at radius 1 is 1.28 bits per heavy atom. The zero-order chi connectivity index (χ0) is 19.0. The van der Waals surface area contributed by atoms with E-state index >= 15 is 0 Å². The molecule has 1 heterocycles. The lowest BCUT2D eigenvalue weighted by Crippen LogP contribution is -2.44. The highest BCUT2D eigenvalue weighted by molar-refractivity contribution is 6.34. The van der Waals surface area contributed by atoms with Crippen molar-refractivity contribution in [2.24, 2.45) is 5.16 Å². The highest BCUT2D eigenvalue weighted by atomic mass is 35.5. The molecule has 10 heteroatoms. The number of carbonyl (C=O) groups is 1. The van der Waals surface area contributed by atoms with E-state index in [0.717, 1.165) is 0 Å². The molecule has 0 spiro atoms. The number of halogens is 5. The average molecular weight is 416 g/mol. The van der Waals surface area contributed by atoms with Gasteiger partial charge in [-0.1, -0.05) is 28.4 Å². The lowest BCUT2D eigenvalue weighted by atomic mass is 9.90. The second-order valence-electron chi connectivity index (χ2n) is 6.42. The topological polar surface area (TPSA) is 59.9 Å². The van der Waals surface area contributed by atoms with Gasteiger partial charge in [0.25, 0.3) is 0 Å². The van der Waals surface area contributed by atoms with Crippen molar-refractivity contribution in [1.82, 2.24) is 5.32 Å². The quantitative estimate of drug-likeness (QED) is 0.669. The molecule has 1 amide bonds. The molecule has 5 nitrogen and oxygen atoms in total. The highest BCUT2D eigenvalue weighted by Gasteiger charge is 2.60. The first-order valence-corrected chi connectivity index (χ1v) is 8.24. The Labute approximate surface area is 158 Å². The van der Waals surface area contributed by atoms with Crippen molar-refractivity contribution in [2.75, 3.05) is 0 Å². The minimum atomic E-state index is -3.86. The first kappa shape index (κ1) is 20.0. The summed E-state index contributed by atoms with van der Waals surface area (Å²) >= 11 is 17.0. The smallest absolute Gasteiger partial charge is 0.413 e. The summed E-state index contributed by atoms with van der Waals surface area (Å²) in [6, 6.07) is 3.87. The van der Waals surface area contributed by atoms with Gasteiger partial charge in [0.05, 0.1) is 6.42 Å². The fraction of sp³-hybridized carbons (Fsp3) is 0.467. The molecular formula is C15H15Cl3F2N2O3. The number of oxime groups is 1.